The van der Waals surface area contributed by atoms with Gasteiger partial charge in [0.15, 0.2) is 0 Å². The lowest BCUT2D eigenvalue weighted by Crippen LogP contribution is -2.29. The Kier molecular flexibility index (Phi) is 5.05. The predicted molar refractivity (Wildman–Crippen MR) is 106 cm³/mol. The number of carbonyl (C=O) groups is 1. The van der Waals surface area contributed by atoms with E-state index in [1.807, 2.05) is 52.9 Å². The van der Waals surface area contributed by atoms with Crippen molar-refractivity contribution in [2.45, 2.75) is 20.5 Å². The summed E-state index contributed by atoms with van der Waals surface area (Å²) in [4.78, 5) is 19.2. The van der Waals surface area contributed by atoms with Crippen LogP contribution >= 0.6 is 0 Å². The van der Waals surface area contributed by atoms with E-state index in [1.165, 1.54) is 5.56 Å². The second-order valence-electron chi connectivity index (χ2n) is 7.65. The molecule has 3 aromatic rings. The maximum Gasteiger partial charge on any atom is 0.254 e. The molecule has 1 aromatic carbocycles. The average molecular weight is 379 g/mol. The van der Waals surface area contributed by atoms with Gasteiger partial charge in [-0.05, 0) is 42.7 Å². The Balaban J connectivity index is 1.44. The van der Waals surface area contributed by atoms with Gasteiger partial charge in [0.05, 0.1) is 5.69 Å². The van der Waals surface area contributed by atoms with Crippen LogP contribution in [0.2, 0.25) is 0 Å². The van der Waals surface area contributed by atoms with Crippen LogP contribution in [-0.2, 0) is 6.61 Å². The molecule has 1 saturated heterocycles. The number of benzene rings is 1. The van der Waals surface area contributed by atoms with Gasteiger partial charge in [-0.2, -0.15) is 0 Å². The van der Waals surface area contributed by atoms with E-state index in [4.69, 9.17) is 4.74 Å². The van der Waals surface area contributed by atoms with Crippen LogP contribution in [0.4, 0.5) is 0 Å². The Labute approximate surface area is 164 Å². The van der Waals surface area contributed by atoms with Gasteiger partial charge in [-0.1, -0.05) is 19.1 Å². The monoisotopic (exact) mass is 379 g/mol. The van der Waals surface area contributed by atoms with E-state index in [9.17, 15) is 9.90 Å². The number of aromatic nitrogens is 2. The van der Waals surface area contributed by atoms with E-state index >= 15 is 0 Å². The van der Waals surface area contributed by atoms with Gasteiger partial charge in [0.25, 0.3) is 5.91 Å². The molecule has 1 amide bonds. The van der Waals surface area contributed by atoms with Crippen LogP contribution in [0, 0.1) is 18.8 Å². The van der Waals surface area contributed by atoms with Gasteiger partial charge in [0.2, 0.25) is 0 Å². The summed E-state index contributed by atoms with van der Waals surface area (Å²) in [5.74, 6) is 1.09. The standard InChI is InChI=1S/C22H25N3O3/c1-15-6-7-21-23-19(12-24(21)9-15)14-28-20-5-3-4-17(8-20)22(27)25-10-16(2)18(11-25)13-26/h3-9,12,16,18,26H,10-11,13-14H2,1-2H3/t16-,18+/m1/s1. The highest BCUT2D eigenvalue weighted by Gasteiger charge is 2.32. The average Bonchev–Trinajstić information content (AvgIpc) is 3.28. The maximum absolute atomic E-state index is 12.8. The topological polar surface area (TPSA) is 67.1 Å². The first-order valence-electron chi connectivity index (χ1n) is 9.60. The highest BCUT2D eigenvalue weighted by molar-refractivity contribution is 5.94. The van der Waals surface area contributed by atoms with Crippen molar-refractivity contribution in [3.8, 4) is 5.75 Å². The number of hydrogen-bond donors (Lipinski definition) is 1. The number of nitrogens with zero attached hydrogens (tertiary/aromatic N) is 3. The van der Waals surface area contributed by atoms with Crippen molar-refractivity contribution < 1.29 is 14.6 Å². The summed E-state index contributed by atoms with van der Waals surface area (Å²) in [6, 6.07) is 11.3. The number of rotatable bonds is 5. The van der Waals surface area contributed by atoms with Crippen molar-refractivity contribution in [2.75, 3.05) is 19.7 Å². The first-order chi connectivity index (χ1) is 13.5. The SMILES string of the molecule is Cc1ccc2nc(COc3cccc(C(=O)N4C[C@@H](CO)[C@H](C)C4)c3)cn2c1. The molecule has 0 saturated carbocycles. The number of imidazole rings is 1. The number of carbonyl (C=O) groups excluding carboxylic acids is 1. The zero-order valence-electron chi connectivity index (χ0n) is 16.2. The Morgan fingerprint density at radius 1 is 1.25 bits per heavy atom. The van der Waals surface area contributed by atoms with Crippen molar-refractivity contribution in [1.29, 1.82) is 0 Å². The normalized spacial score (nSPS) is 19.3. The van der Waals surface area contributed by atoms with Crippen molar-refractivity contribution >= 4 is 11.6 Å². The van der Waals surface area contributed by atoms with E-state index in [0.717, 1.165) is 11.3 Å². The highest BCUT2D eigenvalue weighted by atomic mass is 16.5. The third kappa shape index (κ3) is 3.73. The molecule has 28 heavy (non-hydrogen) atoms. The van der Waals surface area contributed by atoms with E-state index in [1.54, 1.807) is 12.1 Å². The van der Waals surface area contributed by atoms with Crippen molar-refractivity contribution in [3.63, 3.8) is 0 Å². The Bertz CT molecular complexity index is 998. The van der Waals surface area contributed by atoms with Gasteiger partial charge in [0, 0.05) is 43.6 Å². The number of aliphatic hydroxyl groups excluding tert-OH is 1. The second kappa shape index (κ2) is 7.64. The molecule has 4 rings (SSSR count). The molecule has 2 atom stereocenters. The second-order valence-corrected chi connectivity index (χ2v) is 7.65. The van der Waals surface area contributed by atoms with Crippen LogP contribution in [0.15, 0.2) is 48.8 Å². The Hall–Kier alpha value is -2.86. The Morgan fingerprint density at radius 2 is 2.11 bits per heavy atom. The summed E-state index contributed by atoms with van der Waals surface area (Å²) >= 11 is 0. The van der Waals surface area contributed by atoms with Gasteiger partial charge in [0.1, 0.15) is 18.0 Å². The van der Waals surface area contributed by atoms with Crippen LogP contribution in [0.5, 0.6) is 5.75 Å². The predicted octanol–water partition coefficient (Wildman–Crippen LogP) is 2.92. The van der Waals surface area contributed by atoms with Crippen LogP contribution in [-0.4, -0.2) is 45.0 Å². The lowest BCUT2D eigenvalue weighted by molar-refractivity contribution is 0.0780. The van der Waals surface area contributed by atoms with Crippen LogP contribution in [0.25, 0.3) is 5.65 Å². The number of aliphatic hydroxyl groups is 1. The van der Waals surface area contributed by atoms with Crippen molar-refractivity contribution in [2.24, 2.45) is 11.8 Å². The summed E-state index contributed by atoms with van der Waals surface area (Å²) in [7, 11) is 0. The minimum absolute atomic E-state index is 0.0172. The number of hydrogen-bond acceptors (Lipinski definition) is 4. The molecule has 146 valence electrons. The summed E-state index contributed by atoms with van der Waals surface area (Å²) in [6.45, 7) is 5.85. The van der Waals surface area contributed by atoms with Gasteiger partial charge < -0.3 is 19.1 Å². The molecule has 0 spiro atoms. The zero-order chi connectivity index (χ0) is 19.7. The Morgan fingerprint density at radius 3 is 2.89 bits per heavy atom. The van der Waals surface area contributed by atoms with E-state index in [0.29, 0.717) is 36.9 Å². The molecule has 3 heterocycles. The van der Waals surface area contributed by atoms with Crippen molar-refractivity contribution in [3.05, 3.63) is 65.6 Å². The lowest BCUT2D eigenvalue weighted by atomic mass is 10.00. The molecule has 0 radical (unpaired) electrons. The smallest absolute Gasteiger partial charge is 0.254 e. The third-order valence-corrected chi connectivity index (χ3v) is 5.41. The number of ether oxygens (including phenoxy) is 1. The summed E-state index contributed by atoms with van der Waals surface area (Å²) < 4.78 is 7.87. The van der Waals surface area contributed by atoms with Gasteiger partial charge in [-0.25, -0.2) is 4.98 Å². The molecular weight excluding hydrogens is 354 g/mol. The number of amides is 1. The molecule has 1 aliphatic heterocycles. The minimum atomic E-state index is -0.0172. The first kappa shape index (κ1) is 18.5. The van der Waals surface area contributed by atoms with Crippen molar-refractivity contribution in [1.82, 2.24) is 14.3 Å². The van der Waals surface area contributed by atoms with Gasteiger partial charge in [-0.3, -0.25) is 4.79 Å². The molecule has 1 N–H and O–H groups in total. The minimum Gasteiger partial charge on any atom is -0.487 e. The fourth-order valence-electron chi connectivity index (χ4n) is 3.72. The number of pyridine rings is 1. The quantitative estimate of drug-likeness (QED) is 0.740. The third-order valence-electron chi connectivity index (χ3n) is 5.41. The molecule has 0 bridgehead atoms. The van der Waals surface area contributed by atoms with Crippen LogP contribution < -0.4 is 4.74 Å². The molecule has 1 fully saturated rings. The molecule has 0 aliphatic carbocycles. The molecule has 6 heteroatoms. The van der Waals surface area contributed by atoms with Gasteiger partial charge in [-0.15, -0.1) is 0 Å². The molecule has 6 nitrogen and oxygen atoms in total. The molecular formula is C22H25N3O3. The lowest BCUT2D eigenvalue weighted by Gasteiger charge is -2.16. The van der Waals surface area contributed by atoms with E-state index < -0.39 is 0 Å². The van der Waals surface area contributed by atoms with E-state index in [-0.39, 0.29) is 18.4 Å². The fourth-order valence-corrected chi connectivity index (χ4v) is 3.72. The number of aryl methyl sites for hydroxylation is 1. The summed E-state index contributed by atoms with van der Waals surface area (Å²) in [5, 5.41) is 9.43. The summed E-state index contributed by atoms with van der Waals surface area (Å²) in [5.41, 5.74) is 3.49. The van der Waals surface area contributed by atoms with Crippen LogP contribution in [0.3, 0.4) is 0 Å². The maximum atomic E-state index is 12.8. The highest BCUT2D eigenvalue weighted by Crippen LogP contribution is 2.25. The number of likely N-dealkylation sites (tertiary alicyclic amines) is 1. The molecule has 0 unspecified atom stereocenters. The summed E-state index contributed by atoms with van der Waals surface area (Å²) in [6.07, 6.45) is 3.99. The molecule has 1 aliphatic rings. The van der Waals surface area contributed by atoms with Crippen LogP contribution in [0.1, 0.15) is 28.5 Å². The molecule has 2 aromatic heterocycles. The first-order valence-corrected chi connectivity index (χ1v) is 9.60. The largest absolute Gasteiger partial charge is 0.487 e. The zero-order valence-corrected chi connectivity index (χ0v) is 16.2. The van der Waals surface area contributed by atoms with E-state index in [2.05, 4.69) is 11.9 Å². The van der Waals surface area contributed by atoms with Gasteiger partial charge >= 0.3 is 0 Å². The fraction of sp³-hybridized carbons (Fsp3) is 0.364. The number of fused-ring (bicyclic) bond motifs is 1.